The third kappa shape index (κ3) is 4.48. The SMILES string of the molecule is COc1cc2nccc(Oc3ccc(Nc4nnc(-c5cccc(OC)n5)c5ccccc45)cc3)c2cn1. The molecular weight excluding hydrogens is 480 g/mol. The molecule has 186 valence electrons. The highest BCUT2D eigenvalue weighted by Crippen LogP contribution is 2.33. The molecule has 38 heavy (non-hydrogen) atoms. The van der Waals surface area contributed by atoms with Gasteiger partial charge in [-0.2, -0.15) is 0 Å². The van der Waals surface area contributed by atoms with Crippen LogP contribution in [-0.2, 0) is 0 Å². The summed E-state index contributed by atoms with van der Waals surface area (Å²) in [7, 11) is 3.16. The van der Waals surface area contributed by atoms with Crippen LogP contribution in [0.25, 0.3) is 33.1 Å². The molecule has 0 amide bonds. The molecule has 0 bridgehead atoms. The number of pyridine rings is 3. The van der Waals surface area contributed by atoms with Gasteiger partial charge < -0.3 is 19.5 Å². The zero-order valence-electron chi connectivity index (χ0n) is 20.6. The van der Waals surface area contributed by atoms with Gasteiger partial charge in [0.05, 0.1) is 30.8 Å². The summed E-state index contributed by atoms with van der Waals surface area (Å²) in [5, 5.41) is 15.0. The summed E-state index contributed by atoms with van der Waals surface area (Å²) in [5.74, 6) is 2.99. The van der Waals surface area contributed by atoms with Crippen LogP contribution in [0.5, 0.6) is 23.3 Å². The van der Waals surface area contributed by atoms with Crippen molar-refractivity contribution < 1.29 is 14.2 Å². The van der Waals surface area contributed by atoms with Crippen LogP contribution in [0.4, 0.5) is 11.5 Å². The maximum absolute atomic E-state index is 6.13. The number of hydrogen-bond donors (Lipinski definition) is 1. The number of nitrogens with one attached hydrogen (secondary N) is 1. The first-order valence-electron chi connectivity index (χ1n) is 11.8. The minimum atomic E-state index is 0.501. The first-order chi connectivity index (χ1) is 18.7. The molecule has 0 saturated heterocycles. The van der Waals surface area contributed by atoms with E-state index in [1.54, 1.807) is 38.7 Å². The molecule has 1 N–H and O–H groups in total. The lowest BCUT2D eigenvalue weighted by molar-refractivity contribution is 0.398. The van der Waals surface area contributed by atoms with Crippen LogP contribution in [-0.4, -0.2) is 39.4 Å². The molecule has 0 aliphatic heterocycles. The van der Waals surface area contributed by atoms with Gasteiger partial charge in [-0.15, -0.1) is 10.2 Å². The van der Waals surface area contributed by atoms with Crippen LogP contribution in [0.15, 0.2) is 91.3 Å². The highest BCUT2D eigenvalue weighted by molar-refractivity contribution is 6.00. The summed E-state index contributed by atoms with van der Waals surface area (Å²) in [6.07, 6.45) is 3.39. The largest absolute Gasteiger partial charge is 0.481 e. The molecular formula is C29H22N6O3. The molecule has 0 spiro atoms. The Bertz CT molecular complexity index is 1760. The van der Waals surface area contributed by atoms with E-state index < -0.39 is 0 Å². The molecule has 9 nitrogen and oxygen atoms in total. The summed E-state index contributed by atoms with van der Waals surface area (Å²) in [6.45, 7) is 0. The second-order valence-electron chi connectivity index (χ2n) is 8.31. The van der Waals surface area contributed by atoms with Crippen molar-refractivity contribution in [2.24, 2.45) is 0 Å². The van der Waals surface area contributed by atoms with Gasteiger partial charge in [0.25, 0.3) is 0 Å². The maximum Gasteiger partial charge on any atom is 0.215 e. The second-order valence-corrected chi connectivity index (χ2v) is 8.31. The summed E-state index contributed by atoms with van der Waals surface area (Å²) >= 11 is 0. The number of aromatic nitrogens is 5. The van der Waals surface area contributed by atoms with E-state index >= 15 is 0 Å². The average molecular weight is 503 g/mol. The fourth-order valence-corrected chi connectivity index (χ4v) is 4.11. The van der Waals surface area contributed by atoms with Crippen molar-refractivity contribution >= 4 is 33.2 Å². The van der Waals surface area contributed by atoms with E-state index in [0.717, 1.165) is 27.4 Å². The second kappa shape index (κ2) is 9.98. The van der Waals surface area contributed by atoms with Crippen LogP contribution in [0.3, 0.4) is 0 Å². The minimum Gasteiger partial charge on any atom is -0.481 e. The fourth-order valence-electron chi connectivity index (χ4n) is 4.11. The summed E-state index contributed by atoms with van der Waals surface area (Å²) < 4.78 is 16.6. The van der Waals surface area contributed by atoms with Gasteiger partial charge in [0, 0.05) is 41.0 Å². The van der Waals surface area contributed by atoms with E-state index in [1.165, 1.54) is 0 Å². The monoisotopic (exact) mass is 502 g/mol. The number of methoxy groups -OCH3 is 2. The number of nitrogens with zero attached hydrogens (tertiary/aromatic N) is 5. The standard InChI is InChI=1S/C29H22N6O3/c1-36-26-9-5-8-23(33-26)28-20-6-3-4-7-21(20)29(35-34-28)32-18-10-12-19(13-11-18)38-25-14-15-30-24-16-27(37-2)31-17-22(24)25/h3-17H,1-2H3,(H,32,35). The number of hydrogen-bond acceptors (Lipinski definition) is 9. The van der Waals surface area contributed by atoms with Crippen molar-refractivity contribution in [1.82, 2.24) is 25.1 Å². The van der Waals surface area contributed by atoms with Crippen LogP contribution in [0.2, 0.25) is 0 Å². The summed E-state index contributed by atoms with van der Waals surface area (Å²) in [4.78, 5) is 13.2. The molecule has 0 fully saturated rings. The lowest BCUT2D eigenvalue weighted by Gasteiger charge is -2.12. The summed E-state index contributed by atoms with van der Waals surface area (Å²) in [5.41, 5.74) is 2.96. The number of anilines is 2. The van der Waals surface area contributed by atoms with Gasteiger partial charge in [0.1, 0.15) is 17.2 Å². The molecule has 4 aromatic heterocycles. The zero-order chi connectivity index (χ0) is 25.9. The Kier molecular flexibility index (Phi) is 6.07. The molecule has 0 saturated carbocycles. The minimum absolute atomic E-state index is 0.501. The van der Waals surface area contributed by atoms with Gasteiger partial charge in [0.15, 0.2) is 5.82 Å². The molecule has 0 unspecified atom stereocenters. The van der Waals surface area contributed by atoms with E-state index in [1.807, 2.05) is 66.7 Å². The Morgan fingerprint density at radius 1 is 0.711 bits per heavy atom. The van der Waals surface area contributed by atoms with Crippen molar-refractivity contribution in [2.75, 3.05) is 19.5 Å². The van der Waals surface area contributed by atoms with Crippen LogP contribution >= 0.6 is 0 Å². The Morgan fingerprint density at radius 3 is 2.34 bits per heavy atom. The van der Waals surface area contributed by atoms with Crippen molar-refractivity contribution in [3.8, 4) is 34.6 Å². The molecule has 6 aromatic rings. The fraction of sp³-hybridized carbons (Fsp3) is 0.0690. The predicted octanol–water partition coefficient (Wildman–Crippen LogP) is 6.19. The van der Waals surface area contributed by atoms with Crippen LogP contribution < -0.4 is 19.5 Å². The molecule has 2 aromatic carbocycles. The molecule has 4 heterocycles. The highest BCUT2D eigenvalue weighted by atomic mass is 16.5. The Balaban J connectivity index is 1.26. The van der Waals surface area contributed by atoms with E-state index in [0.29, 0.717) is 40.5 Å². The number of benzene rings is 2. The molecule has 0 atom stereocenters. The van der Waals surface area contributed by atoms with E-state index in [-0.39, 0.29) is 0 Å². The Labute approximate surface area is 218 Å². The molecule has 9 heteroatoms. The molecule has 0 radical (unpaired) electrons. The van der Waals surface area contributed by atoms with Crippen LogP contribution in [0.1, 0.15) is 0 Å². The van der Waals surface area contributed by atoms with E-state index in [2.05, 4.69) is 30.5 Å². The maximum atomic E-state index is 6.13. The Hall–Kier alpha value is -5.31. The summed E-state index contributed by atoms with van der Waals surface area (Å²) in [6, 6.07) is 24.7. The topological polar surface area (TPSA) is 104 Å². The van der Waals surface area contributed by atoms with E-state index in [4.69, 9.17) is 14.2 Å². The first-order valence-corrected chi connectivity index (χ1v) is 11.8. The van der Waals surface area contributed by atoms with Crippen molar-refractivity contribution in [2.45, 2.75) is 0 Å². The molecule has 0 aliphatic rings. The Morgan fingerprint density at radius 2 is 1.53 bits per heavy atom. The quantitative estimate of drug-likeness (QED) is 0.274. The van der Waals surface area contributed by atoms with Gasteiger partial charge >= 0.3 is 0 Å². The van der Waals surface area contributed by atoms with Gasteiger partial charge in [-0.3, -0.25) is 4.98 Å². The highest BCUT2D eigenvalue weighted by Gasteiger charge is 2.13. The lowest BCUT2D eigenvalue weighted by atomic mass is 10.1. The average Bonchev–Trinajstić information content (AvgIpc) is 2.98. The smallest absolute Gasteiger partial charge is 0.215 e. The number of rotatable bonds is 7. The van der Waals surface area contributed by atoms with Gasteiger partial charge in [-0.1, -0.05) is 30.3 Å². The number of ether oxygens (including phenoxy) is 3. The first kappa shape index (κ1) is 23.1. The van der Waals surface area contributed by atoms with Gasteiger partial charge in [-0.25, -0.2) is 9.97 Å². The predicted molar refractivity (Wildman–Crippen MR) is 145 cm³/mol. The zero-order valence-corrected chi connectivity index (χ0v) is 20.6. The normalized spacial score (nSPS) is 10.9. The van der Waals surface area contributed by atoms with E-state index in [9.17, 15) is 0 Å². The molecule has 6 rings (SSSR count). The lowest BCUT2D eigenvalue weighted by Crippen LogP contribution is -2.00. The van der Waals surface area contributed by atoms with Crippen molar-refractivity contribution in [3.63, 3.8) is 0 Å². The van der Waals surface area contributed by atoms with Crippen LogP contribution in [0, 0.1) is 0 Å². The molecule has 0 aliphatic carbocycles. The third-order valence-electron chi connectivity index (χ3n) is 5.98. The van der Waals surface area contributed by atoms with Crippen molar-refractivity contribution in [1.29, 1.82) is 0 Å². The van der Waals surface area contributed by atoms with Gasteiger partial charge in [-0.05, 0) is 36.4 Å². The van der Waals surface area contributed by atoms with Crippen molar-refractivity contribution in [3.05, 3.63) is 91.3 Å². The third-order valence-corrected chi connectivity index (χ3v) is 5.98. The van der Waals surface area contributed by atoms with Gasteiger partial charge in [0.2, 0.25) is 11.8 Å². The number of fused-ring (bicyclic) bond motifs is 2.